The number of hydrogen-bond donors (Lipinski definition) is 1. The molecule has 2 nitrogen and oxygen atoms in total. The number of rotatable bonds is 2. The summed E-state index contributed by atoms with van der Waals surface area (Å²) in [6.07, 6.45) is 0. The number of H-pyrrole nitrogens is 1. The Labute approximate surface area is 285 Å². The Bertz CT molecular complexity index is 2740. The van der Waals surface area contributed by atoms with E-state index in [2.05, 4.69) is 179 Å². The van der Waals surface area contributed by atoms with E-state index in [1.165, 1.54) is 87.5 Å². The number of para-hydroxylation sites is 2. The molecule has 0 saturated carbocycles. The van der Waals surface area contributed by atoms with Crippen molar-refractivity contribution in [3.05, 3.63) is 187 Å². The van der Waals surface area contributed by atoms with E-state index in [1.807, 2.05) is 13.8 Å². The molecule has 8 aromatic carbocycles. The first kappa shape index (κ1) is 29.1. The molecule has 1 N–H and O–H groups in total. The summed E-state index contributed by atoms with van der Waals surface area (Å²) < 4.78 is 2.38. The molecule has 0 fully saturated rings. The van der Waals surface area contributed by atoms with Crippen molar-refractivity contribution in [2.45, 2.75) is 19.8 Å². The smallest absolute Gasteiger partial charge is 0.0541 e. The minimum Gasteiger partial charge on any atom is -0.354 e. The second kappa shape index (κ2) is 11.8. The van der Waals surface area contributed by atoms with Crippen molar-refractivity contribution >= 4 is 65.2 Å². The van der Waals surface area contributed by atoms with Crippen LogP contribution in [0.15, 0.2) is 170 Å². The summed E-state index contributed by atoms with van der Waals surface area (Å²) in [5, 5.41) is 10.4. The maximum Gasteiger partial charge on any atom is 0.0541 e. The van der Waals surface area contributed by atoms with Gasteiger partial charge in [-0.25, -0.2) is 0 Å². The molecular formula is C47H36N2. The van der Waals surface area contributed by atoms with Gasteiger partial charge in [0, 0.05) is 44.2 Å². The van der Waals surface area contributed by atoms with Gasteiger partial charge in [0.15, 0.2) is 0 Å². The molecule has 2 heterocycles. The highest BCUT2D eigenvalue weighted by Crippen LogP contribution is 2.48. The van der Waals surface area contributed by atoms with Crippen molar-refractivity contribution in [2.24, 2.45) is 0 Å². The van der Waals surface area contributed by atoms with Crippen LogP contribution in [0.25, 0.3) is 70.8 Å². The summed E-state index contributed by atoms with van der Waals surface area (Å²) >= 11 is 0. The van der Waals surface area contributed by atoms with Gasteiger partial charge < -0.3 is 9.55 Å². The SMILES string of the molecule is CC.c1ccc2c(c1)C2c1ccc2ccccc2c1.c1ccc2c(c1)ccc1[nH]c3ccc(-n4c5ccccc5c5ccccc54)cc3c12. The zero-order valence-electron chi connectivity index (χ0n) is 27.7. The first-order valence-corrected chi connectivity index (χ1v) is 17.3. The Morgan fingerprint density at radius 2 is 0.980 bits per heavy atom. The normalized spacial score (nSPS) is 12.2. The van der Waals surface area contributed by atoms with Gasteiger partial charge in [0.25, 0.3) is 0 Å². The largest absolute Gasteiger partial charge is 0.354 e. The fourth-order valence-electron chi connectivity index (χ4n) is 7.71. The van der Waals surface area contributed by atoms with E-state index in [0.29, 0.717) is 5.92 Å². The molecule has 234 valence electrons. The Kier molecular flexibility index (Phi) is 7.02. The Morgan fingerprint density at radius 1 is 0.429 bits per heavy atom. The number of fused-ring (bicyclic) bond motifs is 10. The lowest BCUT2D eigenvalue weighted by molar-refractivity contribution is 1.19. The van der Waals surface area contributed by atoms with E-state index in [9.17, 15) is 0 Å². The molecule has 0 radical (unpaired) electrons. The van der Waals surface area contributed by atoms with Crippen LogP contribution in [-0.4, -0.2) is 9.55 Å². The monoisotopic (exact) mass is 628 g/mol. The van der Waals surface area contributed by atoms with E-state index in [1.54, 1.807) is 0 Å². The van der Waals surface area contributed by atoms with Crippen LogP contribution in [0.3, 0.4) is 0 Å². The lowest BCUT2D eigenvalue weighted by atomic mass is 10.0. The van der Waals surface area contributed by atoms with E-state index < -0.39 is 0 Å². The molecule has 0 aliphatic heterocycles. The Morgan fingerprint density at radius 3 is 1.69 bits per heavy atom. The van der Waals surface area contributed by atoms with Crippen LogP contribution in [0.4, 0.5) is 0 Å². The van der Waals surface area contributed by atoms with Gasteiger partial charge in [-0.2, -0.15) is 0 Å². The highest BCUT2D eigenvalue weighted by molar-refractivity contribution is 6.20. The van der Waals surface area contributed by atoms with Crippen LogP contribution in [0, 0.1) is 0 Å². The van der Waals surface area contributed by atoms with E-state index in [-0.39, 0.29) is 0 Å². The average molecular weight is 629 g/mol. The third-order valence-electron chi connectivity index (χ3n) is 9.95. The molecular weight excluding hydrogens is 593 g/mol. The molecule has 1 aliphatic rings. The third-order valence-corrected chi connectivity index (χ3v) is 9.95. The fraction of sp³-hybridized carbons (Fsp3) is 0.0638. The maximum atomic E-state index is 3.61. The summed E-state index contributed by atoms with van der Waals surface area (Å²) in [5.41, 5.74) is 10.4. The molecule has 0 bridgehead atoms. The predicted octanol–water partition coefficient (Wildman–Crippen LogP) is 12.9. The van der Waals surface area contributed by atoms with Crippen LogP contribution in [0.1, 0.15) is 36.5 Å². The van der Waals surface area contributed by atoms with Crippen molar-refractivity contribution in [1.82, 2.24) is 9.55 Å². The van der Waals surface area contributed by atoms with Crippen molar-refractivity contribution in [1.29, 1.82) is 0 Å². The summed E-state index contributed by atoms with van der Waals surface area (Å²) in [6.45, 7) is 4.00. The molecule has 49 heavy (non-hydrogen) atoms. The first-order chi connectivity index (χ1) is 24.3. The standard InChI is InChI=1S/C28H18N2.C17H12.C2H6/c1-2-8-20-18(7-1)13-15-25-28(20)23-17-19(14-16-24(23)29-25)30-26-11-5-3-9-21(26)22-10-4-6-12-27(22)30;1-2-6-13-11-14(10-9-12(13)5-1)17-15-7-3-4-8-16(15)17;1-2/h1-17,29H;1-11,17H;1-2H3. The number of nitrogens with one attached hydrogen (secondary N) is 1. The van der Waals surface area contributed by atoms with Crippen molar-refractivity contribution in [2.75, 3.05) is 0 Å². The first-order valence-electron chi connectivity index (χ1n) is 17.3. The van der Waals surface area contributed by atoms with E-state index in [0.717, 1.165) is 0 Å². The quantitative estimate of drug-likeness (QED) is 0.197. The van der Waals surface area contributed by atoms with Crippen molar-refractivity contribution < 1.29 is 0 Å². The Balaban J connectivity index is 0.000000145. The molecule has 0 atom stereocenters. The average Bonchev–Trinajstić information content (AvgIpc) is 3.64. The molecule has 0 amide bonds. The second-order valence-corrected chi connectivity index (χ2v) is 12.6. The molecule has 0 saturated heterocycles. The zero-order valence-corrected chi connectivity index (χ0v) is 27.7. The summed E-state index contributed by atoms with van der Waals surface area (Å²) in [4.78, 5) is 3.61. The Hall–Kier alpha value is -6.12. The van der Waals surface area contributed by atoms with E-state index in [4.69, 9.17) is 0 Å². The van der Waals surface area contributed by atoms with Crippen molar-refractivity contribution in [3.8, 4) is 5.69 Å². The summed E-state index contributed by atoms with van der Waals surface area (Å²) in [6, 6.07) is 61.2. The zero-order chi connectivity index (χ0) is 32.9. The molecule has 10 aromatic rings. The fourth-order valence-corrected chi connectivity index (χ4v) is 7.71. The van der Waals surface area contributed by atoms with Gasteiger partial charge in [-0.1, -0.05) is 147 Å². The topological polar surface area (TPSA) is 20.7 Å². The van der Waals surface area contributed by atoms with Gasteiger partial charge in [-0.15, -0.1) is 0 Å². The van der Waals surface area contributed by atoms with Gasteiger partial charge in [-0.3, -0.25) is 0 Å². The van der Waals surface area contributed by atoms with Gasteiger partial charge in [0.2, 0.25) is 0 Å². The van der Waals surface area contributed by atoms with Gasteiger partial charge in [0.05, 0.1) is 11.0 Å². The number of aromatic amines is 1. The minimum atomic E-state index is 0.551. The molecule has 11 rings (SSSR count). The molecule has 1 aliphatic carbocycles. The highest BCUT2D eigenvalue weighted by Gasteiger charge is 2.32. The second-order valence-electron chi connectivity index (χ2n) is 12.6. The molecule has 0 unspecified atom stereocenters. The molecule has 2 heteroatoms. The van der Waals surface area contributed by atoms with Crippen LogP contribution in [0.5, 0.6) is 0 Å². The lowest BCUT2D eigenvalue weighted by Crippen LogP contribution is -1.93. The van der Waals surface area contributed by atoms with Crippen molar-refractivity contribution in [3.63, 3.8) is 0 Å². The molecule has 2 aromatic heterocycles. The van der Waals surface area contributed by atoms with Crippen LogP contribution < -0.4 is 0 Å². The summed E-state index contributed by atoms with van der Waals surface area (Å²) in [5.74, 6) is 0.551. The highest BCUT2D eigenvalue weighted by atomic mass is 15.0. The van der Waals surface area contributed by atoms with Crippen LogP contribution in [-0.2, 0) is 0 Å². The number of hydrogen-bond acceptors (Lipinski definition) is 0. The van der Waals surface area contributed by atoms with Gasteiger partial charge in [0.1, 0.15) is 0 Å². The third kappa shape index (κ3) is 4.79. The number of nitrogens with zero attached hydrogens (tertiary/aromatic N) is 1. The maximum absolute atomic E-state index is 3.61. The predicted molar refractivity (Wildman–Crippen MR) is 210 cm³/mol. The van der Waals surface area contributed by atoms with Gasteiger partial charge in [-0.05, 0) is 74.6 Å². The molecule has 0 spiro atoms. The lowest BCUT2D eigenvalue weighted by Gasteiger charge is -2.08. The van der Waals surface area contributed by atoms with Gasteiger partial charge >= 0.3 is 0 Å². The van der Waals surface area contributed by atoms with E-state index >= 15 is 0 Å². The van der Waals surface area contributed by atoms with Crippen LogP contribution >= 0.6 is 0 Å². The minimum absolute atomic E-state index is 0.551. The number of aromatic nitrogens is 2. The number of benzene rings is 8. The van der Waals surface area contributed by atoms with Crippen LogP contribution in [0.2, 0.25) is 0 Å². The summed E-state index contributed by atoms with van der Waals surface area (Å²) in [7, 11) is 0.